The number of nitrogens with one attached hydrogen (secondary N) is 2. The van der Waals surface area contributed by atoms with Crippen LogP contribution in [-0.2, 0) is 9.59 Å². The fraction of sp³-hybridized carbons (Fsp3) is 0.130. The van der Waals surface area contributed by atoms with E-state index in [2.05, 4.69) is 10.6 Å². The molecule has 0 saturated carbocycles. The summed E-state index contributed by atoms with van der Waals surface area (Å²) >= 11 is 12.5. The molecule has 0 bridgehead atoms. The molecule has 0 aliphatic rings. The molecule has 2 amide bonds. The molecule has 7 heteroatoms. The predicted octanol–water partition coefficient (Wildman–Crippen LogP) is 6.03. The normalized spacial score (nSPS) is 10.4. The minimum absolute atomic E-state index is 0.133. The Morgan fingerprint density at radius 2 is 1.60 bits per heavy atom. The molecule has 0 aliphatic carbocycles. The topological polar surface area (TPSA) is 67.4 Å². The van der Waals surface area contributed by atoms with Crippen molar-refractivity contribution in [2.24, 2.45) is 0 Å². The van der Waals surface area contributed by atoms with Gasteiger partial charge in [-0.3, -0.25) is 9.59 Å². The largest absolute Gasteiger partial charge is 0.482 e. The third-order valence-electron chi connectivity index (χ3n) is 4.24. The summed E-state index contributed by atoms with van der Waals surface area (Å²) < 4.78 is 5.56. The molecule has 0 heterocycles. The average Bonchev–Trinajstić information content (AvgIpc) is 2.75. The molecular weight excluding hydrogens is 423 g/mol. The van der Waals surface area contributed by atoms with Crippen molar-refractivity contribution < 1.29 is 14.3 Å². The van der Waals surface area contributed by atoms with E-state index < -0.39 is 5.91 Å². The fourth-order valence-electron chi connectivity index (χ4n) is 2.71. The van der Waals surface area contributed by atoms with E-state index in [0.717, 1.165) is 11.1 Å². The molecule has 5 nitrogen and oxygen atoms in total. The van der Waals surface area contributed by atoms with Crippen molar-refractivity contribution in [1.29, 1.82) is 0 Å². The van der Waals surface area contributed by atoms with E-state index in [-0.39, 0.29) is 12.5 Å². The van der Waals surface area contributed by atoms with Gasteiger partial charge in [-0.25, -0.2) is 0 Å². The smallest absolute Gasteiger partial charge is 0.262 e. The second-order valence-corrected chi connectivity index (χ2v) is 7.26. The van der Waals surface area contributed by atoms with E-state index in [0.29, 0.717) is 33.6 Å². The first-order chi connectivity index (χ1) is 14.5. The molecule has 0 spiro atoms. The standard InChI is InChI=1S/C23H20Cl2N2O3/c1-2-22(28)26-17-9-10-18(24)20(13-17)27-23(29)14-30-21-11-8-16(12-19(21)25)15-6-4-3-5-7-15/h3-13H,2,14H2,1H3,(H,26,28)(H,27,29). The van der Waals surface area contributed by atoms with Crippen LogP contribution >= 0.6 is 23.2 Å². The van der Waals surface area contributed by atoms with Crippen LogP contribution in [0.15, 0.2) is 66.7 Å². The highest BCUT2D eigenvalue weighted by Crippen LogP contribution is 2.30. The molecule has 0 saturated heterocycles. The van der Waals surface area contributed by atoms with Crippen LogP contribution in [0.25, 0.3) is 11.1 Å². The summed E-state index contributed by atoms with van der Waals surface area (Å²) in [5.41, 5.74) is 2.91. The van der Waals surface area contributed by atoms with Crippen molar-refractivity contribution in [2.75, 3.05) is 17.2 Å². The number of hydrogen-bond donors (Lipinski definition) is 2. The lowest BCUT2D eigenvalue weighted by Crippen LogP contribution is -2.20. The zero-order valence-electron chi connectivity index (χ0n) is 16.2. The first-order valence-electron chi connectivity index (χ1n) is 9.33. The molecule has 3 rings (SSSR count). The van der Waals surface area contributed by atoms with Gasteiger partial charge in [-0.15, -0.1) is 0 Å². The molecule has 154 valence electrons. The Morgan fingerprint density at radius 1 is 0.833 bits per heavy atom. The third kappa shape index (κ3) is 5.75. The molecule has 0 unspecified atom stereocenters. The summed E-state index contributed by atoms with van der Waals surface area (Å²) in [6.45, 7) is 1.51. The Bertz CT molecular complexity index is 1060. The molecule has 3 aromatic rings. The van der Waals surface area contributed by atoms with E-state index in [1.54, 1.807) is 37.3 Å². The maximum atomic E-state index is 12.3. The molecule has 0 atom stereocenters. The molecule has 0 aliphatic heterocycles. The maximum Gasteiger partial charge on any atom is 0.262 e. The lowest BCUT2D eigenvalue weighted by Gasteiger charge is -2.12. The highest BCUT2D eigenvalue weighted by molar-refractivity contribution is 6.34. The number of carbonyl (C=O) groups is 2. The molecule has 2 N–H and O–H groups in total. The SMILES string of the molecule is CCC(=O)Nc1ccc(Cl)c(NC(=O)COc2ccc(-c3ccccc3)cc2Cl)c1. The molecule has 0 aromatic heterocycles. The Balaban J connectivity index is 1.62. The van der Waals surface area contributed by atoms with Gasteiger partial charge >= 0.3 is 0 Å². The Morgan fingerprint density at radius 3 is 2.30 bits per heavy atom. The molecule has 0 fully saturated rings. The number of benzene rings is 3. The van der Waals surface area contributed by atoms with E-state index in [1.165, 1.54) is 0 Å². The van der Waals surface area contributed by atoms with Crippen LogP contribution < -0.4 is 15.4 Å². The van der Waals surface area contributed by atoms with Gasteiger partial charge < -0.3 is 15.4 Å². The molecule has 3 aromatic carbocycles. The highest BCUT2D eigenvalue weighted by atomic mass is 35.5. The van der Waals surface area contributed by atoms with Gasteiger partial charge in [-0.05, 0) is 41.5 Å². The van der Waals surface area contributed by atoms with Crippen LogP contribution in [-0.4, -0.2) is 18.4 Å². The summed E-state index contributed by atoms with van der Waals surface area (Å²) in [6.07, 6.45) is 0.349. The fourth-order valence-corrected chi connectivity index (χ4v) is 3.11. The van der Waals surface area contributed by atoms with Gasteiger partial charge in [0.1, 0.15) is 5.75 Å². The number of rotatable bonds is 7. The van der Waals surface area contributed by atoms with E-state index in [4.69, 9.17) is 27.9 Å². The lowest BCUT2D eigenvalue weighted by molar-refractivity contribution is -0.118. The first kappa shape index (κ1) is 21.7. The van der Waals surface area contributed by atoms with Gasteiger partial charge in [0.05, 0.1) is 15.7 Å². The first-order valence-corrected chi connectivity index (χ1v) is 10.1. The van der Waals surface area contributed by atoms with Crippen LogP contribution in [0.1, 0.15) is 13.3 Å². The number of carbonyl (C=O) groups excluding carboxylic acids is 2. The van der Waals surface area contributed by atoms with Crippen LogP contribution in [0, 0.1) is 0 Å². The number of ether oxygens (including phenoxy) is 1. The molecule has 30 heavy (non-hydrogen) atoms. The maximum absolute atomic E-state index is 12.3. The summed E-state index contributed by atoms with van der Waals surface area (Å²) in [4.78, 5) is 23.8. The van der Waals surface area contributed by atoms with Crippen LogP contribution in [0.4, 0.5) is 11.4 Å². The minimum Gasteiger partial charge on any atom is -0.482 e. The molecular formula is C23H20Cl2N2O3. The van der Waals surface area contributed by atoms with Crippen molar-refractivity contribution in [1.82, 2.24) is 0 Å². The summed E-state index contributed by atoms with van der Waals surface area (Å²) in [6, 6.07) is 20.1. The van der Waals surface area contributed by atoms with E-state index >= 15 is 0 Å². The zero-order chi connectivity index (χ0) is 21.5. The van der Waals surface area contributed by atoms with Crippen LogP contribution in [0.2, 0.25) is 10.0 Å². The van der Waals surface area contributed by atoms with Crippen molar-refractivity contribution in [3.05, 3.63) is 76.8 Å². The van der Waals surface area contributed by atoms with Gasteiger partial charge in [0.2, 0.25) is 5.91 Å². The highest BCUT2D eigenvalue weighted by Gasteiger charge is 2.11. The number of hydrogen-bond acceptors (Lipinski definition) is 3. The van der Waals surface area contributed by atoms with Crippen molar-refractivity contribution >= 4 is 46.4 Å². The van der Waals surface area contributed by atoms with Gasteiger partial charge in [-0.1, -0.05) is 66.5 Å². The minimum atomic E-state index is -0.404. The van der Waals surface area contributed by atoms with Crippen LogP contribution in [0.5, 0.6) is 5.75 Å². The van der Waals surface area contributed by atoms with Gasteiger partial charge in [0.25, 0.3) is 5.91 Å². The van der Waals surface area contributed by atoms with Gasteiger partial charge in [-0.2, -0.15) is 0 Å². The van der Waals surface area contributed by atoms with Crippen molar-refractivity contribution in [2.45, 2.75) is 13.3 Å². The van der Waals surface area contributed by atoms with Gasteiger partial charge in [0.15, 0.2) is 6.61 Å². The van der Waals surface area contributed by atoms with Gasteiger partial charge in [0, 0.05) is 12.1 Å². The van der Waals surface area contributed by atoms with E-state index in [1.807, 2.05) is 36.4 Å². The summed E-state index contributed by atoms with van der Waals surface area (Å²) in [5, 5.41) is 6.16. The summed E-state index contributed by atoms with van der Waals surface area (Å²) in [5.74, 6) is -0.132. The van der Waals surface area contributed by atoms with Crippen molar-refractivity contribution in [3.8, 4) is 16.9 Å². The van der Waals surface area contributed by atoms with Crippen molar-refractivity contribution in [3.63, 3.8) is 0 Å². The van der Waals surface area contributed by atoms with Crippen LogP contribution in [0.3, 0.4) is 0 Å². The third-order valence-corrected chi connectivity index (χ3v) is 4.87. The lowest BCUT2D eigenvalue weighted by atomic mass is 10.1. The zero-order valence-corrected chi connectivity index (χ0v) is 17.8. The average molecular weight is 443 g/mol. The monoisotopic (exact) mass is 442 g/mol. The quantitative estimate of drug-likeness (QED) is 0.469. The summed E-state index contributed by atoms with van der Waals surface area (Å²) in [7, 11) is 0. The predicted molar refractivity (Wildman–Crippen MR) is 121 cm³/mol. The Hall–Kier alpha value is -3.02. The second kappa shape index (κ2) is 10.1. The number of amides is 2. The second-order valence-electron chi connectivity index (χ2n) is 6.44. The Kier molecular flexibility index (Phi) is 7.33. The molecule has 0 radical (unpaired) electrons. The Labute approximate surface area is 185 Å². The number of anilines is 2. The van der Waals surface area contributed by atoms with E-state index in [9.17, 15) is 9.59 Å². The number of halogens is 2.